The van der Waals surface area contributed by atoms with E-state index in [0.717, 1.165) is 19.3 Å². The van der Waals surface area contributed by atoms with Crippen molar-refractivity contribution in [3.8, 4) is 0 Å². The molecule has 0 spiro atoms. The van der Waals surface area contributed by atoms with Crippen molar-refractivity contribution in [1.82, 2.24) is 5.32 Å². The number of hydrogen-bond acceptors (Lipinski definition) is 3. The van der Waals surface area contributed by atoms with E-state index in [1.165, 1.54) is 0 Å². The van der Waals surface area contributed by atoms with E-state index in [1.54, 1.807) is 0 Å². The Labute approximate surface area is 67.4 Å². The first kappa shape index (κ1) is 8.97. The number of nitrogens with one attached hydrogen (secondary N) is 1. The number of aliphatic hydroxyl groups is 2. The highest BCUT2D eigenvalue weighted by Gasteiger charge is 2.26. The molecule has 0 bridgehead atoms. The average molecular weight is 159 g/mol. The van der Waals surface area contributed by atoms with Crippen LogP contribution >= 0.6 is 0 Å². The number of hydrogen-bond donors (Lipinski definition) is 3. The van der Waals surface area contributed by atoms with Gasteiger partial charge in [-0.15, -0.1) is 0 Å². The second kappa shape index (κ2) is 4.04. The summed E-state index contributed by atoms with van der Waals surface area (Å²) in [6.07, 6.45) is 2.55. The van der Waals surface area contributed by atoms with E-state index in [-0.39, 0.29) is 18.8 Å². The first-order valence-corrected chi connectivity index (χ1v) is 4.33. The fourth-order valence-corrected chi connectivity index (χ4v) is 1.57. The molecule has 0 unspecified atom stereocenters. The minimum atomic E-state index is -0.359. The lowest BCUT2D eigenvalue weighted by Gasteiger charge is -2.33. The van der Waals surface area contributed by atoms with Crippen molar-refractivity contribution in [2.45, 2.75) is 44.4 Å². The second-order valence-corrected chi connectivity index (χ2v) is 3.21. The molecule has 0 aromatic carbocycles. The molecule has 1 saturated heterocycles. The molecule has 0 radical (unpaired) electrons. The molecule has 0 amide bonds. The minimum Gasteiger partial charge on any atom is -0.395 e. The monoisotopic (exact) mass is 159 g/mol. The predicted molar refractivity (Wildman–Crippen MR) is 43.3 cm³/mol. The van der Waals surface area contributed by atoms with Crippen molar-refractivity contribution >= 4 is 0 Å². The van der Waals surface area contributed by atoms with Crippen molar-refractivity contribution in [2.24, 2.45) is 0 Å². The third-order valence-corrected chi connectivity index (χ3v) is 2.41. The van der Waals surface area contributed by atoms with Gasteiger partial charge in [-0.3, -0.25) is 0 Å². The van der Waals surface area contributed by atoms with Gasteiger partial charge in [-0.2, -0.15) is 0 Å². The Morgan fingerprint density at radius 2 is 2.18 bits per heavy atom. The maximum Gasteiger partial charge on any atom is 0.0716 e. The van der Waals surface area contributed by atoms with E-state index in [1.807, 2.05) is 0 Å². The van der Waals surface area contributed by atoms with Crippen LogP contribution in [0.5, 0.6) is 0 Å². The third-order valence-electron chi connectivity index (χ3n) is 2.41. The van der Waals surface area contributed by atoms with Gasteiger partial charge in [-0.1, -0.05) is 6.92 Å². The van der Waals surface area contributed by atoms with Gasteiger partial charge < -0.3 is 15.5 Å². The smallest absolute Gasteiger partial charge is 0.0716 e. The van der Waals surface area contributed by atoms with Gasteiger partial charge in [0.2, 0.25) is 0 Å². The molecular weight excluding hydrogens is 142 g/mol. The fraction of sp³-hybridized carbons (Fsp3) is 1.00. The summed E-state index contributed by atoms with van der Waals surface area (Å²) in [7, 11) is 0. The Hall–Kier alpha value is -0.120. The first-order valence-electron chi connectivity index (χ1n) is 4.33. The lowest BCUT2D eigenvalue weighted by Crippen LogP contribution is -2.51. The lowest BCUT2D eigenvalue weighted by molar-refractivity contribution is 0.0494. The van der Waals surface area contributed by atoms with Crippen molar-refractivity contribution in [1.29, 1.82) is 0 Å². The van der Waals surface area contributed by atoms with E-state index in [0.29, 0.717) is 6.04 Å². The minimum absolute atomic E-state index is 0.0394. The van der Waals surface area contributed by atoms with Gasteiger partial charge >= 0.3 is 0 Å². The Balaban J connectivity index is 2.37. The number of aliphatic hydroxyl groups excluding tert-OH is 2. The Kier molecular flexibility index (Phi) is 3.30. The molecule has 1 rings (SSSR count). The molecule has 1 aliphatic rings. The molecule has 3 nitrogen and oxygen atoms in total. The van der Waals surface area contributed by atoms with Gasteiger partial charge in [0.1, 0.15) is 0 Å². The molecule has 11 heavy (non-hydrogen) atoms. The van der Waals surface area contributed by atoms with Crippen LogP contribution in [-0.4, -0.2) is 35.0 Å². The number of rotatable bonds is 2. The third kappa shape index (κ3) is 2.15. The molecular formula is C8H17NO2. The SMILES string of the molecule is CC[C@H]1CC[C@@H](O)[C@@H](CO)N1. The number of piperidine rings is 1. The zero-order valence-electron chi connectivity index (χ0n) is 6.95. The van der Waals surface area contributed by atoms with Crippen LogP contribution in [0.3, 0.4) is 0 Å². The Bertz CT molecular complexity index is 119. The molecule has 3 atom stereocenters. The van der Waals surface area contributed by atoms with Crippen molar-refractivity contribution < 1.29 is 10.2 Å². The van der Waals surface area contributed by atoms with Crippen LogP contribution in [0.2, 0.25) is 0 Å². The molecule has 0 aromatic heterocycles. The highest BCUT2D eigenvalue weighted by atomic mass is 16.3. The molecule has 1 fully saturated rings. The summed E-state index contributed by atoms with van der Waals surface area (Å²) in [5.41, 5.74) is 0. The van der Waals surface area contributed by atoms with Gasteiger partial charge in [0.15, 0.2) is 0 Å². The van der Waals surface area contributed by atoms with Crippen molar-refractivity contribution in [3.63, 3.8) is 0 Å². The van der Waals surface area contributed by atoms with E-state index >= 15 is 0 Å². The second-order valence-electron chi connectivity index (χ2n) is 3.21. The van der Waals surface area contributed by atoms with Crippen molar-refractivity contribution in [2.75, 3.05) is 6.61 Å². The van der Waals surface area contributed by atoms with Gasteiger partial charge in [0.05, 0.1) is 18.8 Å². The van der Waals surface area contributed by atoms with Crippen LogP contribution in [0.15, 0.2) is 0 Å². The van der Waals surface area contributed by atoms with Crippen LogP contribution in [-0.2, 0) is 0 Å². The highest BCUT2D eigenvalue weighted by molar-refractivity contribution is 4.85. The van der Waals surface area contributed by atoms with Crippen LogP contribution in [0, 0.1) is 0 Å². The molecule has 0 aliphatic carbocycles. The van der Waals surface area contributed by atoms with Gasteiger partial charge in [0.25, 0.3) is 0 Å². The highest BCUT2D eigenvalue weighted by Crippen LogP contribution is 2.14. The van der Waals surface area contributed by atoms with Crippen molar-refractivity contribution in [3.05, 3.63) is 0 Å². The predicted octanol–water partition coefficient (Wildman–Crippen LogP) is -0.130. The molecule has 3 heteroatoms. The van der Waals surface area contributed by atoms with E-state index < -0.39 is 0 Å². The Morgan fingerprint density at radius 3 is 2.73 bits per heavy atom. The summed E-state index contributed by atoms with van der Waals surface area (Å²) in [5, 5.41) is 21.4. The maximum atomic E-state index is 9.36. The molecule has 3 N–H and O–H groups in total. The average Bonchev–Trinajstić information content (AvgIpc) is 2.05. The fourth-order valence-electron chi connectivity index (χ4n) is 1.57. The molecule has 0 aromatic rings. The van der Waals surface area contributed by atoms with Gasteiger partial charge in [-0.05, 0) is 19.3 Å². The summed E-state index contributed by atoms with van der Waals surface area (Å²) in [5.74, 6) is 0. The standard InChI is InChI=1S/C8H17NO2/c1-2-6-3-4-8(11)7(5-10)9-6/h6-11H,2-5H2,1H3/t6-,7+,8+/m0/s1. The largest absolute Gasteiger partial charge is 0.395 e. The van der Waals surface area contributed by atoms with E-state index in [9.17, 15) is 5.11 Å². The van der Waals surface area contributed by atoms with E-state index in [4.69, 9.17) is 5.11 Å². The molecule has 1 aliphatic heterocycles. The summed E-state index contributed by atoms with van der Waals surface area (Å²) >= 11 is 0. The van der Waals surface area contributed by atoms with Gasteiger partial charge in [-0.25, -0.2) is 0 Å². The zero-order valence-corrected chi connectivity index (χ0v) is 6.95. The topological polar surface area (TPSA) is 52.5 Å². The summed E-state index contributed by atoms with van der Waals surface area (Å²) < 4.78 is 0. The summed E-state index contributed by atoms with van der Waals surface area (Å²) in [6.45, 7) is 2.15. The van der Waals surface area contributed by atoms with E-state index in [2.05, 4.69) is 12.2 Å². The summed E-state index contributed by atoms with van der Waals surface area (Å²) in [6, 6.07) is 0.379. The van der Waals surface area contributed by atoms with Gasteiger partial charge in [0, 0.05) is 6.04 Å². The van der Waals surface area contributed by atoms with Crippen LogP contribution < -0.4 is 5.32 Å². The maximum absolute atomic E-state index is 9.36. The summed E-state index contributed by atoms with van der Waals surface area (Å²) in [4.78, 5) is 0. The normalized spacial score (nSPS) is 39.0. The molecule has 0 saturated carbocycles. The first-order chi connectivity index (χ1) is 5.27. The van der Waals surface area contributed by atoms with Crippen LogP contribution in [0.4, 0.5) is 0 Å². The van der Waals surface area contributed by atoms with Crippen LogP contribution in [0.25, 0.3) is 0 Å². The molecule has 1 heterocycles. The molecule has 66 valence electrons. The lowest BCUT2D eigenvalue weighted by atomic mass is 9.95. The zero-order chi connectivity index (χ0) is 8.27. The van der Waals surface area contributed by atoms with Crippen LogP contribution in [0.1, 0.15) is 26.2 Å². The Morgan fingerprint density at radius 1 is 1.45 bits per heavy atom. The quantitative estimate of drug-likeness (QED) is 0.526.